The van der Waals surface area contributed by atoms with Crippen molar-refractivity contribution in [1.29, 1.82) is 0 Å². The van der Waals surface area contributed by atoms with Crippen molar-refractivity contribution >= 4 is 17.4 Å². The second-order valence-corrected chi connectivity index (χ2v) is 7.69. The molecule has 3 rings (SSSR count). The molecule has 1 amide bonds. The molecule has 6 nitrogen and oxygen atoms in total. The van der Waals surface area contributed by atoms with E-state index in [0.29, 0.717) is 23.6 Å². The third-order valence-electron chi connectivity index (χ3n) is 5.66. The van der Waals surface area contributed by atoms with Gasteiger partial charge in [0.2, 0.25) is 0 Å². The first-order valence-corrected chi connectivity index (χ1v) is 10.5. The molecule has 1 N–H and O–H groups in total. The van der Waals surface area contributed by atoms with Crippen LogP contribution in [0.15, 0.2) is 46.4 Å². The molecule has 1 fully saturated rings. The fourth-order valence-electron chi connectivity index (χ4n) is 3.88. The highest BCUT2D eigenvalue weighted by molar-refractivity contribution is 6.46. The maximum Gasteiger partial charge on any atom is 0.295 e. The molecule has 0 radical (unpaired) electrons. The predicted molar refractivity (Wildman–Crippen MR) is 116 cm³/mol. The van der Waals surface area contributed by atoms with E-state index in [-0.39, 0.29) is 11.3 Å². The smallest absolute Gasteiger partial charge is 0.295 e. The summed E-state index contributed by atoms with van der Waals surface area (Å²) in [5.74, 6) is -0.256. The van der Waals surface area contributed by atoms with Gasteiger partial charge < -0.3 is 19.3 Å². The molecular weight excluding hydrogens is 380 g/mol. The minimum atomic E-state index is -0.725. The van der Waals surface area contributed by atoms with Crippen LogP contribution in [0.5, 0.6) is 0 Å². The second kappa shape index (κ2) is 9.30. The topological polar surface area (TPSA) is 74.0 Å². The number of hydrogen-bond donors (Lipinski definition) is 1. The quantitative estimate of drug-likeness (QED) is 0.404. The summed E-state index contributed by atoms with van der Waals surface area (Å²) in [5, 5.41) is 11.0. The summed E-state index contributed by atoms with van der Waals surface area (Å²) < 4.78 is 5.80. The molecule has 1 aliphatic heterocycles. The van der Waals surface area contributed by atoms with Crippen LogP contribution in [0.4, 0.5) is 0 Å². The lowest BCUT2D eigenvalue weighted by molar-refractivity contribution is -0.140. The minimum Gasteiger partial charge on any atom is -0.507 e. The van der Waals surface area contributed by atoms with Gasteiger partial charge in [0.05, 0.1) is 5.57 Å². The molecule has 1 aromatic heterocycles. The summed E-state index contributed by atoms with van der Waals surface area (Å²) in [5.41, 5.74) is 1.64. The number of furan rings is 1. The van der Waals surface area contributed by atoms with Gasteiger partial charge >= 0.3 is 0 Å². The van der Waals surface area contributed by atoms with E-state index >= 15 is 0 Å². The molecule has 2 aromatic rings. The van der Waals surface area contributed by atoms with Crippen LogP contribution in [0.2, 0.25) is 0 Å². The largest absolute Gasteiger partial charge is 0.507 e. The zero-order valence-corrected chi connectivity index (χ0v) is 18.1. The number of ketones is 1. The molecule has 0 spiro atoms. The van der Waals surface area contributed by atoms with Crippen LogP contribution in [0.1, 0.15) is 49.0 Å². The first-order valence-electron chi connectivity index (χ1n) is 10.5. The van der Waals surface area contributed by atoms with Crippen molar-refractivity contribution in [3.05, 3.63) is 64.6 Å². The number of benzene rings is 1. The Balaban J connectivity index is 1.99. The third kappa shape index (κ3) is 4.33. The van der Waals surface area contributed by atoms with E-state index in [1.807, 2.05) is 26.0 Å². The number of nitrogens with zero attached hydrogens (tertiary/aromatic N) is 2. The summed E-state index contributed by atoms with van der Waals surface area (Å²) in [7, 11) is 0. The van der Waals surface area contributed by atoms with Crippen molar-refractivity contribution in [2.75, 3.05) is 26.2 Å². The summed E-state index contributed by atoms with van der Waals surface area (Å²) in [6.07, 6.45) is 0.732. The summed E-state index contributed by atoms with van der Waals surface area (Å²) in [6.45, 7) is 11.1. The van der Waals surface area contributed by atoms with Crippen LogP contribution in [0.25, 0.3) is 5.76 Å². The number of rotatable bonds is 8. The van der Waals surface area contributed by atoms with Crippen molar-refractivity contribution < 1.29 is 19.1 Å². The molecule has 2 heterocycles. The first-order chi connectivity index (χ1) is 14.4. The summed E-state index contributed by atoms with van der Waals surface area (Å²) >= 11 is 0. The molecule has 0 aliphatic carbocycles. The van der Waals surface area contributed by atoms with Crippen LogP contribution in [0.3, 0.4) is 0 Å². The average Bonchev–Trinajstić information content (AvgIpc) is 3.27. The Hall–Kier alpha value is -2.86. The summed E-state index contributed by atoms with van der Waals surface area (Å²) in [4.78, 5) is 29.6. The Bertz CT molecular complexity index is 938. The average molecular weight is 411 g/mol. The Morgan fingerprint density at radius 1 is 1.07 bits per heavy atom. The van der Waals surface area contributed by atoms with Gasteiger partial charge in [0, 0.05) is 12.1 Å². The lowest BCUT2D eigenvalue weighted by Gasteiger charge is -2.25. The van der Waals surface area contributed by atoms with Gasteiger partial charge in [-0.2, -0.15) is 0 Å². The monoisotopic (exact) mass is 410 g/mol. The molecule has 1 atom stereocenters. The van der Waals surface area contributed by atoms with Gasteiger partial charge in [-0.15, -0.1) is 0 Å². The molecule has 1 aliphatic rings. The molecule has 160 valence electrons. The van der Waals surface area contributed by atoms with Gasteiger partial charge in [-0.05, 0) is 52.0 Å². The molecule has 0 saturated carbocycles. The number of likely N-dealkylation sites (tertiary alicyclic amines) is 1. The molecule has 6 heteroatoms. The number of amides is 1. The normalized spacial score (nSPS) is 18.6. The summed E-state index contributed by atoms with van der Waals surface area (Å²) in [6, 6.07) is 10.1. The zero-order chi connectivity index (χ0) is 21.8. The van der Waals surface area contributed by atoms with Crippen molar-refractivity contribution in [2.45, 2.75) is 40.2 Å². The fraction of sp³-hybridized carbons (Fsp3) is 0.417. The highest BCUT2D eigenvalue weighted by Gasteiger charge is 2.47. The number of aryl methyl sites for hydroxylation is 2. The number of Topliss-reactive ketones (excluding diaryl/α,β-unsaturated/α-hetero) is 1. The molecular formula is C24H30N2O4. The molecule has 30 heavy (non-hydrogen) atoms. The van der Waals surface area contributed by atoms with Gasteiger partial charge in [0.15, 0.2) is 0 Å². The van der Waals surface area contributed by atoms with E-state index < -0.39 is 17.7 Å². The van der Waals surface area contributed by atoms with E-state index in [0.717, 1.165) is 31.6 Å². The highest BCUT2D eigenvalue weighted by Crippen LogP contribution is 2.40. The maximum atomic E-state index is 12.9. The van der Waals surface area contributed by atoms with Crippen LogP contribution in [-0.4, -0.2) is 52.8 Å². The van der Waals surface area contributed by atoms with Crippen LogP contribution >= 0.6 is 0 Å². The van der Waals surface area contributed by atoms with Crippen LogP contribution < -0.4 is 0 Å². The van der Waals surface area contributed by atoms with Gasteiger partial charge in [0.1, 0.15) is 23.3 Å². The Kier molecular flexibility index (Phi) is 6.77. The van der Waals surface area contributed by atoms with Crippen molar-refractivity contribution in [1.82, 2.24) is 9.80 Å². The maximum absolute atomic E-state index is 12.9. The lowest BCUT2D eigenvalue weighted by Crippen LogP contribution is -2.33. The van der Waals surface area contributed by atoms with Gasteiger partial charge in [-0.1, -0.05) is 43.7 Å². The molecule has 0 unspecified atom stereocenters. The fourth-order valence-corrected chi connectivity index (χ4v) is 3.88. The number of carbonyl (C=O) groups is 2. The number of aliphatic hydroxyl groups is 1. The second-order valence-electron chi connectivity index (χ2n) is 7.69. The van der Waals surface area contributed by atoms with E-state index in [4.69, 9.17) is 4.42 Å². The first kappa shape index (κ1) is 21.8. The van der Waals surface area contributed by atoms with Gasteiger partial charge in [-0.25, -0.2) is 0 Å². The van der Waals surface area contributed by atoms with E-state index in [1.54, 1.807) is 24.3 Å². The Morgan fingerprint density at radius 2 is 1.73 bits per heavy atom. The van der Waals surface area contributed by atoms with E-state index in [9.17, 15) is 14.7 Å². The Morgan fingerprint density at radius 3 is 2.30 bits per heavy atom. The van der Waals surface area contributed by atoms with Crippen LogP contribution in [-0.2, 0) is 9.59 Å². The van der Waals surface area contributed by atoms with Crippen LogP contribution in [0, 0.1) is 13.8 Å². The standard InChI is InChI=1S/C24H30N2O4/c1-5-25(6-2)14-7-15-26-21(19-13-10-17(4)30-19)20(23(28)24(26)29)22(27)18-11-8-16(3)9-12-18/h8-13,21,27H,5-7,14-15H2,1-4H3/t21-/m1/s1. The van der Waals surface area contributed by atoms with E-state index in [1.165, 1.54) is 4.90 Å². The number of aliphatic hydroxyl groups excluding tert-OH is 1. The highest BCUT2D eigenvalue weighted by atomic mass is 16.3. The predicted octanol–water partition coefficient (Wildman–Crippen LogP) is 4.05. The number of hydrogen-bond acceptors (Lipinski definition) is 5. The van der Waals surface area contributed by atoms with E-state index in [2.05, 4.69) is 18.7 Å². The SMILES string of the molecule is CCN(CC)CCCN1C(=O)C(=O)C(=C(O)c2ccc(C)cc2)[C@H]1c1ccc(C)o1. The third-order valence-corrected chi connectivity index (χ3v) is 5.66. The molecule has 1 aromatic carbocycles. The van der Waals surface area contributed by atoms with Gasteiger partial charge in [-0.3, -0.25) is 9.59 Å². The van der Waals surface area contributed by atoms with Crippen molar-refractivity contribution in [2.24, 2.45) is 0 Å². The number of carbonyl (C=O) groups excluding carboxylic acids is 2. The molecule has 1 saturated heterocycles. The van der Waals surface area contributed by atoms with Crippen molar-refractivity contribution in [3.63, 3.8) is 0 Å². The minimum absolute atomic E-state index is 0.0843. The van der Waals surface area contributed by atoms with Crippen molar-refractivity contribution in [3.8, 4) is 0 Å². The lowest BCUT2D eigenvalue weighted by atomic mass is 9.99. The Labute approximate surface area is 177 Å². The molecule has 0 bridgehead atoms. The zero-order valence-electron chi connectivity index (χ0n) is 18.1. The van der Waals surface area contributed by atoms with Gasteiger partial charge in [0.25, 0.3) is 11.7 Å².